The molecule has 3 atom stereocenters. The molecule has 0 saturated heterocycles. The molecule has 1 unspecified atom stereocenters. The average Bonchev–Trinajstić information content (AvgIpc) is 2.60. The second-order valence-corrected chi connectivity index (χ2v) is 10.6. The van der Waals surface area contributed by atoms with Crippen molar-refractivity contribution in [2.24, 2.45) is 11.3 Å². The third kappa shape index (κ3) is 6.06. The standard InChI is InChI=1S/C23H39NOS/c1-8-10-11-15-18-23(9-2,19(3)4)21(20-16-13-12-14-17-20)24-26(25)22(5,6)7/h9,12-14,16-17,19,21,24H,2,8,10-11,15,18H2,1,3-7H3/t21-,23+,26?/m0/s1. The van der Waals surface area contributed by atoms with Crippen LogP contribution in [-0.4, -0.2) is 8.96 Å². The minimum absolute atomic E-state index is 0.0112. The maximum absolute atomic E-state index is 13.0. The molecule has 2 nitrogen and oxygen atoms in total. The van der Waals surface area contributed by atoms with Crippen molar-refractivity contribution < 1.29 is 4.21 Å². The van der Waals surface area contributed by atoms with E-state index in [-0.39, 0.29) is 16.2 Å². The van der Waals surface area contributed by atoms with E-state index in [9.17, 15) is 4.21 Å². The van der Waals surface area contributed by atoms with Crippen LogP contribution in [0, 0.1) is 11.3 Å². The summed E-state index contributed by atoms with van der Waals surface area (Å²) in [6.07, 6.45) is 8.09. The van der Waals surface area contributed by atoms with Crippen LogP contribution < -0.4 is 4.72 Å². The monoisotopic (exact) mass is 377 g/mol. The Morgan fingerprint density at radius 1 is 1.12 bits per heavy atom. The predicted molar refractivity (Wildman–Crippen MR) is 116 cm³/mol. The van der Waals surface area contributed by atoms with E-state index in [2.05, 4.69) is 62.4 Å². The Hall–Kier alpha value is -0.930. The lowest BCUT2D eigenvalue weighted by Gasteiger charge is -2.43. The third-order valence-electron chi connectivity index (χ3n) is 5.37. The molecule has 0 saturated carbocycles. The van der Waals surface area contributed by atoms with Crippen LogP contribution in [0.25, 0.3) is 0 Å². The van der Waals surface area contributed by atoms with E-state index in [1.165, 1.54) is 31.2 Å². The van der Waals surface area contributed by atoms with Gasteiger partial charge in [0, 0.05) is 5.41 Å². The van der Waals surface area contributed by atoms with Gasteiger partial charge in [0.25, 0.3) is 0 Å². The van der Waals surface area contributed by atoms with E-state index < -0.39 is 11.0 Å². The summed E-state index contributed by atoms with van der Waals surface area (Å²) in [4.78, 5) is 0. The third-order valence-corrected chi connectivity index (χ3v) is 6.93. The fourth-order valence-electron chi connectivity index (χ4n) is 3.50. The topological polar surface area (TPSA) is 29.1 Å². The molecule has 1 N–H and O–H groups in total. The zero-order chi connectivity index (χ0) is 19.8. The number of unbranched alkanes of at least 4 members (excludes halogenated alkanes) is 3. The van der Waals surface area contributed by atoms with Crippen LogP contribution in [-0.2, 0) is 11.0 Å². The highest BCUT2D eigenvalue weighted by atomic mass is 32.2. The number of hydrogen-bond acceptors (Lipinski definition) is 1. The molecule has 3 heteroatoms. The Labute approximate surface area is 164 Å². The van der Waals surface area contributed by atoms with Gasteiger partial charge in [-0.05, 0) is 38.7 Å². The number of nitrogens with one attached hydrogen (secondary N) is 1. The van der Waals surface area contributed by atoms with Crippen molar-refractivity contribution in [1.29, 1.82) is 0 Å². The van der Waals surface area contributed by atoms with Gasteiger partial charge in [-0.1, -0.05) is 82.9 Å². The number of rotatable bonds is 11. The van der Waals surface area contributed by atoms with Crippen LogP contribution in [0.1, 0.15) is 85.3 Å². The van der Waals surface area contributed by atoms with Crippen LogP contribution >= 0.6 is 0 Å². The Morgan fingerprint density at radius 3 is 2.19 bits per heavy atom. The molecule has 0 aromatic heterocycles. The Balaban J connectivity index is 3.27. The first kappa shape index (κ1) is 23.1. The maximum Gasteiger partial charge on any atom is 0.0976 e. The van der Waals surface area contributed by atoms with E-state index in [0.29, 0.717) is 5.92 Å². The lowest BCUT2D eigenvalue weighted by atomic mass is 9.66. The van der Waals surface area contributed by atoms with Crippen LogP contribution in [0.15, 0.2) is 43.0 Å². The molecule has 1 aromatic carbocycles. The molecule has 0 fully saturated rings. The van der Waals surface area contributed by atoms with Crippen molar-refractivity contribution in [2.45, 2.75) is 84.4 Å². The van der Waals surface area contributed by atoms with Gasteiger partial charge in [0.1, 0.15) is 0 Å². The summed E-state index contributed by atoms with van der Waals surface area (Å²) in [6.45, 7) is 17.1. The predicted octanol–water partition coefficient (Wildman–Crippen LogP) is 6.58. The molecule has 0 aliphatic carbocycles. The van der Waals surface area contributed by atoms with Crippen molar-refractivity contribution in [3.63, 3.8) is 0 Å². The van der Waals surface area contributed by atoms with Gasteiger partial charge in [-0.15, -0.1) is 6.58 Å². The van der Waals surface area contributed by atoms with E-state index >= 15 is 0 Å². The Morgan fingerprint density at radius 2 is 1.73 bits per heavy atom. The molecule has 0 amide bonds. The van der Waals surface area contributed by atoms with Gasteiger partial charge in [0.05, 0.1) is 21.8 Å². The molecule has 148 valence electrons. The molecule has 26 heavy (non-hydrogen) atoms. The van der Waals surface area contributed by atoms with Gasteiger partial charge < -0.3 is 0 Å². The number of hydrogen-bond donors (Lipinski definition) is 1. The second kappa shape index (κ2) is 10.4. The SMILES string of the molecule is C=C[C@@](CCCCCC)(C(C)C)[C@@H](NS(=O)C(C)(C)C)c1ccccc1. The van der Waals surface area contributed by atoms with Crippen molar-refractivity contribution in [3.05, 3.63) is 48.6 Å². The van der Waals surface area contributed by atoms with Gasteiger partial charge >= 0.3 is 0 Å². The van der Waals surface area contributed by atoms with E-state index in [1.807, 2.05) is 26.8 Å². The van der Waals surface area contributed by atoms with Crippen molar-refractivity contribution in [2.75, 3.05) is 0 Å². The summed E-state index contributed by atoms with van der Waals surface area (Å²) in [6, 6.07) is 10.4. The molecule has 0 heterocycles. The minimum Gasteiger partial charge on any atom is -0.242 e. The molecule has 0 spiro atoms. The van der Waals surface area contributed by atoms with Crippen molar-refractivity contribution >= 4 is 11.0 Å². The lowest BCUT2D eigenvalue weighted by Crippen LogP contribution is -2.45. The summed E-state index contributed by atoms with van der Waals surface area (Å²) in [5.74, 6) is 0.399. The zero-order valence-corrected chi connectivity index (χ0v) is 18.5. The molecular formula is C23H39NOS. The Bertz CT molecular complexity index is 561. The normalized spacial score (nSPS) is 16.9. The van der Waals surface area contributed by atoms with Crippen molar-refractivity contribution in [1.82, 2.24) is 4.72 Å². The first-order valence-electron chi connectivity index (χ1n) is 10.1. The highest BCUT2D eigenvalue weighted by Gasteiger charge is 2.41. The smallest absolute Gasteiger partial charge is 0.0976 e. The fourth-order valence-corrected chi connectivity index (χ4v) is 4.42. The molecule has 0 bridgehead atoms. The molecule has 0 aliphatic rings. The van der Waals surface area contributed by atoms with Gasteiger partial charge in [0.2, 0.25) is 0 Å². The van der Waals surface area contributed by atoms with Crippen LogP contribution in [0.3, 0.4) is 0 Å². The summed E-state index contributed by atoms with van der Waals surface area (Å²) in [5, 5.41) is 0. The van der Waals surface area contributed by atoms with E-state index in [0.717, 1.165) is 6.42 Å². The highest BCUT2D eigenvalue weighted by Crippen LogP contribution is 2.46. The first-order chi connectivity index (χ1) is 12.2. The second-order valence-electron chi connectivity index (χ2n) is 8.62. The summed E-state index contributed by atoms with van der Waals surface area (Å²) in [5.41, 5.74) is 1.06. The van der Waals surface area contributed by atoms with Gasteiger partial charge in [0.15, 0.2) is 0 Å². The first-order valence-corrected chi connectivity index (χ1v) is 11.2. The zero-order valence-electron chi connectivity index (χ0n) is 17.7. The molecule has 0 aliphatic heterocycles. The van der Waals surface area contributed by atoms with Crippen LogP contribution in [0.2, 0.25) is 0 Å². The molecule has 1 aromatic rings. The fraction of sp³-hybridized carbons (Fsp3) is 0.652. The van der Waals surface area contributed by atoms with Gasteiger partial charge in [-0.2, -0.15) is 0 Å². The van der Waals surface area contributed by atoms with Gasteiger partial charge in [-0.3, -0.25) is 0 Å². The van der Waals surface area contributed by atoms with Crippen molar-refractivity contribution in [3.8, 4) is 0 Å². The van der Waals surface area contributed by atoms with Crippen LogP contribution in [0.5, 0.6) is 0 Å². The summed E-state index contributed by atoms with van der Waals surface area (Å²) in [7, 11) is -1.14. The maximum atomic E-state index is 13.0. The van der Waals surface area contributed by atoms with E-state index in [4.69, 9.17) is 0 Å². The highest BCUT2D eigenvalue weighted by molar-refractivity contribution is 7.84. The van der Waals surface area contributed by atoms with Crippen LogP contribution in [0.4, 0.5) is 0 Å². The quantitative estimate of drug-likeness (QED) is 0.342. The van der Waals surface area contributed by atoms with E-state index in [1.54, 1.807) is 0 Å². The summed E-state index contributed by atoms with van der Waals surface area (Å²) < 4.78 is 16.2. The molecule has 1 rings (SSSR count). The van der Waals surface area contributed by atoms with Gasteiger partial charge in [-0.25, -0.2) is 8.93 Å². The molecular weight excluding hydrogens is 338 g/mol. The molecule has 0 radical (unpaired) electrons. The lowest BCUT2D eigenvalue weighted by molar-refractivity contribution is 0.176. The Kier molecular flexibility index (Phi) is 9.26. The summed E-state index contributed by atoms with van der Waals surface area (Å²) >= 11 is 0. The largest absolute Gasteiger partial charge is 0.242 e. The average molecular weight is 378 g/mol. The minimum atomic E-state index is -1.14. The number of benzene rings is 1.